The van der Waals surface area contributed by atoms with Crippen LogP contribution in [0.4, 0.5) is 0 Å². The molecule has 0 N–H and O–H groups in total. The summed E-state index contributed by atoms with van der Waals surface area (Å²) in [5.41, 5.74) is 0.532. The Labute approximate surface area is 142 Å². The van der Waals surface area contributed by atoms with Crippen molar-refractivity contribution in [2.45, 2.75) is 39.4 Å². The molecule has 1 aliphatic rings. The van der Waals surface area contributed by atoms with Crippen LogP contribution in [0.25, 0.3) is 0 Å². The number of ether oxygens (including phenoxy) is 3. The van der Waals surface area contributed by atoms with Crippen molar-refractivity contribution in [2.75, 3.05) is 14.2 Å². The molecule has 1 aliphatic carbocycles. The monoisotopic (exact) mass is 332 g/mol. The van der Waals surface area contributed by atoms with Gasteiger partial charge in [-0.2, -0.15) is 0 Å². The maximum absolute atomic E-state index is 12.5. The number of hydrogen-bond donors (Lipinski definition) is 0. The lowest BCUT2D eigenvalue weighted by Crippen LogP contribution is -2.43. The van der Waals surface area contributed by atoms with E-state index in [4.69, 9.17) is 14.2 Å². The van der Waals surface area contributed by atoms with Crippen LogP contribution in [-0.2, 0) is 14.3 Å². The lowest BCUT2D eigenvalue weighted by Gasteiger charge is -2.35. The molecule has 0 saturated carbocycles. The van der Waals surface area contributed by atoms with Gasteiger partial charge in [-0.1, -0.05) is 13.8 Å². The van der Waals surface area contributed by atoms with Crippen LogP contribution in [0.15, 0.2) is 35.9 Å². The molecule has 1 aromatic carbocycles. The highest BCUT2D eigenvalue weighted by Crippen LogP contribution is 2.36. The maximum atomic E-state index is 12.5. The van der Waals surface area contributed by atoms with Gasteiger partial charge < -0.3 is 14.2 Å². The number of carbonyl (C=O) groups excluding carboxylic acids is 2. The third-order valence-corrected chi connectivity index (χ3v) is 4.37. The van der Waals surface area contributed by atoms with Gasteiger partial charge in [-0.15, -0.1) is 0 Å². The fourth-order valence-corrected chi connectivity index (χ4v) is 2.85. The third kappa shape index (κ3) is 3.85. The zero-order chi connectivity index (χ0) is 17.9. The lowest BCUT2D eigenvalue weighted by atomic mass is 9.80. The molecule has 2 rings (SSSR count). The number of ketones is 1. The molecule has 0 aromatic heterocycles. The molecule has 2 unspecified atom stereocenters. The minimum Gasteiger partial charge on any atom is -0.497 e. The number of carbonyl (C=O) groups is 2. The zero-order valence-corrected chi connectivity index (χ0v) is 14.8. The molecule has 2 atom stereocenters. The van der Waals surface area contributed by atoms with E-state index in [1.807, 2.05) is 13.8 Å². The number of esters is 1. The van der Waals surface area contributed by atoms with Crippen LogP contribution >= 0.6 is 0 Å². The first-order valence-electron chi connectivity index (χ1n) is 7.88. The summed E-state index contributed by atoms with van der Waals surface area (Å²) in [4.78, 5) is 24.7. The predicted molar refractivity (Wildman–Crippen MR) is 90.2 cm³/mol. The zero-order valence-electron chi connectivity index (χ0n) is 14.8. The second-order valence-corrected chi connectivity index (χ2v) is 6.69. The van der Waals surface area contributed by atoms with Crippen LogP contribution in [0.2, 0.25) is 0 Å². The molecule has 0 heterocycles. The van der Waals surface area contributed by atoms with Crippen LogP contribution in [0.1, 0.15) is 37.6 Å². The van der Waals surface area contributed by atoms with Gasteiger partial charge in [0.05, 0.1) is 12.7 Å². The van der Waals surface area contributed by atoms with Gasteiger partial charge in [-0.25, -0.2) is 4.79 Å². The first kappa shape index (κ1) is 18.2. The first-order chi connectivity index (χ1) is 11.3. The van der Waals surface area contributed by atoms with Gasteiger partial charge in [0.2, 0.25) is 0 Å². The topological polar surface area (TPSA) is 61.8 Å². The highest BCUT2D eigenvalue weighted by Gasteiger charge is 2.42. The maximum Gasteiger partial charge on any atom is 0.338 e. The molecule has 0 fully saturated rings. The SMILES string of the molecule is COc1ccc(C(=O)OC2C(OC)C=C(C)C(=O)CC2(C)C)cc1. The Morgan fingerprint density at radius 3 is 2.33 bits per heavy atom. The van der Waals surface area contributed by atoms with Crippen molar-refractivity contribution in [1.29, 1.82) is 0 Å². The molecule has 130 valence electrons. The van der Waals surface area contributed by atoms with Crippen molar-refractivity contribution in [3.05, 3.63) is 41.5 Å². The summed E-state index contributed by atoms with van der Waals surface area (Å²) >= 11 is 0. The van der Waals surface area contributed by atoms with Gasteiger partial charge in [0.1, 0.15) is 18.0 Å². The van der Waals surface area contributed by atoms with Crippen molar-refractivity contribution in [2.24, 2.45) is 5.41 Å². The van der Waals surface area contributed by atoms with Gasteiger partial charge in [-0.05, 0) is 42.8 Å². The standard InChI is InChI=1S/C19H24O5/c1-12-10-16(23-5)17(19(2,3)11-15(12)20)24-18(21)13-6-8-14(22-4)9-7-13/h6-10,16-17H,11H2,1-5H3. The Morgan fingerprint density at radius 1 is 1.17 bits per heavy atom. The molecular formula is C19H24O5. The van der Waals surface area contributed by atoms with E-state index < -0.39 is 23.6 Å². The predicted octanol–water partition coefficient (Wildman–Crippen LogP) is 3.18. The van der Waals surface area contributed by atoms with Crippen LogP contribution in [-0.4, -0.2) is 38.2 Å². The van der Waals surface area contributed by atoms with E-state index >= 15 is 0 Å². The summed E-state index contributed by atoms with van der Waals surface area (Å²) in [5, 5.41) is 0. The smallest absolute Gasteiger partial charge is 0.338 e. The molecule has 0 aliphatic heterocycles. The van der Waals surface area contributed by atoms with Gasteiger partial charge in [0.15, 0.2) is 5.78 Å². The van der Waals surface area contributed by atoms with Crippen molar-refractivity contribution in [3.63, 3.8) is 0 Å². The molecule has 0 saturated heterocycles. The van der Waals surface area contributed by atoms with Crippen LogP contribution < -0.4 is 4.74 Å². The van der Waals surface area contributed by atoms with Gasteiger partial charge in [0.25, 0.3) is 0 Å². The van der Waals surface area contributed by atoms with E-state index in [0.29, 0.717) is 23.3 Å². The largest absolute Gasteiger partial charge is 0.497 e. The Morgan fingerprint density at radius 2 is 1.79 bits per heavy atom. The first-order valence-corrected chi connectivity index (χ1v) is 7.88. The Kier molecular flexibility index (Phi) is 5.44. The molecule has 5 heteroatoms. The molecular weight excluding hydrogens is 308 g/mol. The number of benzene rings is 1. The number of rotatable bonds is 4. The Hall–Kier alpha value is -2.14. The number of methoxy groups -OCH3 is 2. The fourth-order valence-electron chi connectivity index (χ4n) is 2.85. The summed E-state index contributed by atoms with van der Waals surface area (Å²) < 4.78 is 16.3. The van der Waals surface area contributed by atoms with Gasteiger partial charge >= 0.3 is 5.97 Å². The molecule has 0 amide bonds. The number of hydrogen-bond acceptors (Lipinski definition) is 5. The van der Waals surface area contributed by atoms with Gasteiger partial charge in [-0.3, -0.25) is 4.79 Å². The van der Waals surface area contributed by atoms with Crippen molar-refractivity contribution in [1.82, 2.24) is 0 Å². The minimum atomic E-state index is -0.557. The second kappa shape index (κ2) is 7.18. The van der Waals surface area contributed by atoms with Gasteiger partial charge in [0, 0.05) is 18.9 Å². The fraction of sp³-hybridized carbons (Fsp3) is 0.474. The number of Topliss-reactive ketones (excluding diaryl/α,β-unsaturated/α-hetero) is 1. The molecule has 0 spiro atoms. The van der Waals surface area contributed by atoms with Crippen molar-refractivity contribution >= 4 is 11.8 Å². The van der Waals surface area contributed by atoms with Crippen molar-refractivity contribution < 1.29 is 23.8 Å². The Bertz CT molecular complexity index is 642. The summed E-state index contributed by atoms with van der Waals surface area (Å²) in [6, 6.07) is 6.71. The lowest BCUT2D eigenvalue weighted by molar-refractivity contribution is -0.120. The van der Waals surface area contributed by atoms with Crippen LogP contribution in [0.3, 0.4) is 0 Å². The van der Waals surface area contributed by atoms with E-state index in [2.05, 4.69) is 0 Å². The van der Waals surface area contributed by atoms with E-state index in [1.54, 1.807) is 51.5 Å². The van der Waals surface area contributed by atoms with E-state index in [0.717, 1.165) is 0 Å². The van der Waals surface area contributed by atoms with E-state index in [9.17, 15) is 9.59 Å². The molecule has 5 nitrogen and oxygen atoms in total. The normalized spacial score (nSPS) is 23.2. The summed E-state index contributed by atoms with van der Waals surface area (Å²) in [6.45, 7) is 5.59. The summed E-state index contributed by atoms with van der Waals surface area (Å²) in [5.74, 6) is 0.267. The summed E-state index contributed by atoms with van der Waals surface area (Å²) in [7, 11) is 3.12. The average Bonchev–Trinajstić information content (AvgIpc) is 2.63. The molecule has 0 bridgehead atoms. The highest BCUT2D eigenvalue weighted by atomic mass is 16.6. The van der Waals surface area contributed by atoms with Crippen LogP contribution in [0, 0.1) is 5.41 Å². The van der Waals surface area contributed by atoms with E-state index in [1.165, 1.54) is 0 Å². The quantitative estimate of drug-likeness (QED) is 0.793. The molecule has 1 aromatic rings. The third-order valence-electron chi connectivity index (χ3n) is 4.37. The number of allylic oxidation sites excluding steroid dienone is 1. The minimum absolute atomic E-state index is 0.0463. The van der Waals surface area contributed by atoms with E-state index in [-0.39, 0.29) is 5.78 Å². The van der Waals surface area contributed by atoms with Crippen molar-refractivity contribution in [3.8, 4) is 5.75 Å². The Balaban J connectivity index is 2.26. The summed E-state index contributed by atoms with van der Waals surface area (Å²) in [6.07, 6.45) is 1.02. The molecule has 24 heavy (non-hydrogen) atoms. The second-order valence-electron chi connectivity index (χ2n) is 6.69. The van der Waals surface area contributed by atoms with Crippen LogP contribution in [0.5, 0.6) is 5.75 Å². The molecule has 0 radical (unpaired) electrons. The highest BCUT2D eigenvalue weighted by molar-refractivity contribution is 5.96. The average molecular weight is 332 g/mol.